The third kappa shape index (κ3) is 2.36. The molecule has 2 aromatic carbocycles. The first-order valence-electron chi connectivity index (χ1n) is 6.53. The van der Waals surface area contributed by atoms with Gasteiger partial charge in [-0.15, -0.1) is 0 Å². The highest BCUT2D eigenvalue weighted by Crippen LogP contribution is 2.28. The molecule has 1 aromatic heterocycles. The van der Waals surface area contributed by atoms with Crippen molar-refractivity contribution in [2.45, 2.75) is 11.8 Å². The lowest BCUT2D eigenvalue weighted by atomic mass is 10.2. The minimum absolute atomic E-state index is 0.182. The van der Waals surface area contributed by atoms with Crippen LogP contribution < -0.4 is 4.74 Å². The van der Waals surface area contributed by atoms with E-state index in [4.69, 9.17) is 16.3 Å². The second-order valence-electron chi connectivity index (χ2n) is 4.82. The molecule has 0 saturated heterocycles. The van der Waals surface area contributed by atoms with E-state index in [1.165, 1.54) is 16.1 Å². The maximum atomic E-state index is 12.9. The lowest BCUT2D eigenvalue weighted by Gasteiger charge is -2.10. The highest BCUT2D eigenvalue weighted by molar-refractivity contribution is 7.90. The lowest BCUT2D eigenvalue weighted by Crippen LogP contribution is -2.14. The number of benzene rings is 2. The Morgan fingerprint density at radius 1 is 1.14 bits per heavy atom. The Morgan fingerprint density at radius 2 is 1.82 bits per heavy atom. The summed E-state index contributed by atoms with van der Waals surface area (Å²) in [4.78, 5) is 0.182. The molecule has 0 aliphatic carbocycles. The number of aryl methyl sites for hydroxylation is 1. The molecule has 0 fully saturated rings. The molecule has 0 amide bonds. The van der Waals surface area contributed by atoms with Crippen LogP contribution in [-0.4, -0.2) is 19.5 Å². The van der Waals surface area contributed by atoms with E-state index >= 15 is 0 Å². The Morgan fingerprint density at radius 3 is 2.45 bits per heavy atom. The van der Waals surface area contributed by atoms with Gasteiger partial charge in [0.2, 0.25) is 0 Å². The first kappa shape index (κ1) is 14.9. The normalized spacial score (nSPS) is 11.8. The molecule has 0 aliphatic heterocycles. The summed E-state index contributed by atoms with van der Waals surface area (Å²) in [6, 6.07) is 14.4. The van der Waals surface area contributed by atoms with E-state index in [0.717, 1.165) is 0 Å². The quantitative estimate of drug-likeness (QED) is 0.734. The van der Waals surface area contributed by atoms with Gasteiger partial charge >= 0.3 is 0 Å². The number of rotatable bonds is 3. The van der Waals surface area contributed by atoms with Crippen LogP contribution in [0.25, 0.3) is 10.9 Å². The lowest BCUT2D eigenvalue weighted by molar-refractivity contribution is 0.415. The molecule has 0 bridgehead atoms. The van der Waals surface area contributed by atoms with Gasteiger partial charge in [-0.1, -0.05) is 11.6 Å². The van der Waals surface area contributed by atoms with E-state index < -0.39 is 10.0 Å². The maximum absolute atomic E-state index is 12.9. The molecular formula is C16H13ClNO3S. The Hall–Kier alpha value is -1.98. The van der Waals surface area contributed by atoms with E-state index in [0.29, 0.717) is 27.4 Å². The van der Waals surface area contributed by atoms with Gasteiger partial charge in [0.15, 0.2) is 0 Å². The highest BCUT2D eigenvalue weighted by Gasteiger charge is 2.21. The Bertz CT molecular complexity index is 943. The van der Waals surface area contributed by atoms with E-state index in [1.807, 2.05) is 0 Å². The molecule has 0 saturated carbocycles. The van der Waals surface area contributed by atoms with Crippen LogP contribution in [0.5, 0.6) is 5.75 Å². The molecule has 22 heavy (non-hydrogen) atoms. The van der Waals surface area contributed by atoms with E-state index in [-0.39, 0.29) is 4.90 Å². The van der Waals surface area contributed by atoms with Gasteiger partial charge in [0.1, 0.15) is 5.75 Å². The van der Waals surface area contributed by atoms with Crippen LogP contribution in [0.2, 0.25) is 5.02 Å². The van der Waals surface area contributed by atoms with Crippen LogP contribution in [0, 0.1) is 13.0 Å². The fourth-order valence-electron chi connectivity index (χ4n) is 2.37. The molecule has 0 unspecified atom stereocenters. The van der Waals surface area contributed by atoms with Gasteiger partial charge in [-0.2, -0.15) is 0 Å². The van der Waals surface area contributed by atoms with Crippen molar-refractivity contribution in [2.75, 3.05) is 7.11 Å². The Kier molecular flexibility index (Phi) is 3.62. The van der Waals surface area contributed by atoms with Crippen molar-refractivity contribution in [3.8, 4) is 5.75 Å². The molecule has 0 aliphatic rings. The zero-order chi connectivity index (χ0) is 15.9. The number of hydrogen-bond donors (Lipinski definition) is 0. The average Bonchev–Trinajstić information content (AvgIpc) is 2.83. The third-order valence-electron chi connectivity index (χ3n) is 3.39. The molecule has 6 heteroatoms. The number of nitrogens with zero attached hydrogens (tertiary/aromatic N) is 1. The van der Waals surface area contributed by atoms with Gasteiger partial charge in [0.05, 0.1) is 17.5 Å². The largest absolute Gasteiger partial charge is 0.497 e. The molecule has 1 radical (unpaired) electrons. The second-order valence-corrected chi connectivity index (χ2v) is 7.04. The monoisotopic (exact) mass is 334 g/mol. The van der Waals surface area contributed by atoms with Crippen LogP contribution in [0.3, 0.4) is 0 Å². The highest BCUT2D eigenvalue weighted by atomic mass is 35.5. The zero-order valence-corrected chi connectivity index (χ0v) is 13.6. The van der Waals surface area contributed by atoms with Crippen LogP contribution >= 0.6 is 11.6 Å². The van der Waals surface area contributed by atoms with E-state index in [9.17, 15) is 8.42 Å². The molecule has 0 spiro atoms. The topological polar surface area (TPSA) is 48.3 Å². The average molecular weight is 335 g/mol. The standard InChI is InChI=1S/C16H13ClNO3S/c1-11-9-12-10-14(21-2)5-8-16(12)18(11)22(19,20)15-6-3-13(17)4-7-15/h3-8,10H,1-2H3. The number of fused-ring (bicyclic) bond motifs is 1. The van der Waals surface area contributed by atoms with Crippen LogP contribution in [0.15, 0.2) is 47.4 Å². The molecule has 113 valence electrons. The summed E-state index contributed by atoms with van der Waals surface area (Å²) in [6.07, 6.45) is 0. The van der Waals surface area contributed by atoms with E-state index in [2.05, 4.69) is 6.07 Å². The summed E-state index contributed by atoms with van der Waals surface area (Å²) in [5.74, 6) is 0.657. The minimum Gasteiger partial charge on any atom is -0.497 e. The van der Waals surface area contributed by atoms with Gasteiger partial charge in [0, 0.05) is 22.2 Å². The van der Waals surface area contributed by atoms with Gasteiger partial charge in [-0.25, -0.2) is 12.4 Å². The predicted molar refractivity (Wildman–Crippen MR) is 86.1 cm³/mol. The fourth-order valence-corrected chi connectivity index (χ4v) is 4.01. The number of hydrogen-bond acceptors (Lipinski definition) is 3. The van der Waals surface area contributed by atoms with Crippen LogP contribution in [-0.2, 0) is 10.0 Å². The summed E-state index contributed by atoms with van der Waals surface area (Å²) >= 11 is 5.82. The maximum Gasteiger partial charge on any atom is 0.268 e. The summed E-state index contributed by atoms with van der Waals surface area (Å²) in [5, 5.41) is 1.18. The summed E-state index contributed by atoms with van der Waals surface area (Å²) in [7, 11) is -2.14. The van der Waals surface area contributed by atoms with Gasteiger partial charge in [0.25, 0.3) is 10.0 Å². The summed E-state index contributed by atoms with van der Waals surface area (Å²) < 4.78 is 32.2. The fraction of sp³-hybridized carbons (Fsp3) is 0.125. The van der Waals surface area contributed by atoms with Gasteiger partial charge in [-0.05, 0) is 49.4 Å². The molecule has 0 N–H and O–H groups in total. The zero-order valence-electron chi connectivity index (χ0n) is 12.0. The first-order chi connectivity index (χ1) is 10.4. The second kappa shape index (κ2) is 5.34. The van der Waals surface area contributed by atoms with Crippen molar-refractivity contribution in [3.63, 3.8) is 0 Å². The molecule has 4 nitrogen and oxygen atoms in total. The van der Waals surface area contributed by atoms with Crippen LogP contribution in [0.4, 0.5) is 0 Å². The number of methoxy groups -OCH3 is 1. The van der Waals surface area contributed by atoms with Crippen molar-refractivity contribution in [2.24, 2.45) is 0 Å². The van der Waals surface area contributed by atoms with E-state index in [1.54, 1.807) is 44.4 Å². The van der Waals surface area contributed by atoms with Crippen molar-refractivity contribution in [1.82, 2.24) is 3.97 Å². The SMILES string of the molecule is COc1ccc2c([c]c(C)n2S(=O)(=O)c2ccc(Cl)cc2)c1. The number of ether oxygens (including phenoxy) is 1. The third-order valence-corrected chi connectivity index (χ3v) is 5.47. The summed E-state index contributed by atoms with van der Waals surface area (Å²) in [5.41, 5.74) is 1.08. The molecule has 3 aromatic rings. The van der Waals surface area contributed by atoms with Gasteiger partial charge in [-0.3, -0.25) is 0 Å². The molecule has 1 heterocycles. The first-order valence-corrected chi connectivity index (χ1v) is 8.35. The molecular weight excluding hydrogens is 322 g/mol. The Balaban J connectivity index is 2.24. The predicted octanol–water partition coefficient (Wildman–Crippen LogP) is 3.65. The number of aromatic nitrogens is 1. The van der Waals surface area contributed by atoms with Gasteiger partial charge < -0.3 is 4.74 Å². The smallest absolute Gasteiger partial charge is 0.268 e. The summed E-state index contributed by atoms with van der Waals surface area (Å²) in [6.45, 7) is 1.71. The van der Waals surface area contributed by atoms with Crippen molar-refractivity contribution >= 4 is 32.5 Å². The molecule has 3 rings (SSSR count). The van der Waals surface area contributed by atoms with Crippen molar-refractivity contribution in [1.29, 1.82) is 0 Å². The van der Waals surface area contributed by atoms with Crippen molar-refractivity contribution < 1.29 is 13.2 Å². The van der Waals surface area contributed by atoms with Crippen molar-refractivity contribution in [3.05, 3.63) is 59.2 Å². The minimum atomic E-state index is -3.70. The Labute approximate surface area is 133 Å². The molecule has 0 atom stereocenters. The number of halogens is 1. The van der Waals surface area contributed by atoms with Crippen LogP contribution in [0.1, 0.15) is 5.69 Å².